The summed E-state index contributed by atoms with van der Waals surface area (Å²) in [5.74, 6) is -0.0794. The Morgan fingerprint density at radius 1 is 1.35 bits per heavy atom. The highest BCUT2D eigenvalue weighted by Gasteiger charge is 2.16. The predicted octanol–water partition coefficient (Wildman–Crippen LogP) is 2.21. The largest absolute Gasteiger partial charge is 0.348 e. The van der Waals surface area contributed by atoms with Gasteiger partial charge >= 0.3 is 0 Å². The molecule has 0 aliphatic carbocycles. The average Bonchev–Trinajstić information content (AvgIpc) is 2.58. The van der Waals surface area contributed by atoms with Crippen molar-refractivity contribution < 1.29 is 4.79 Å². The second-order valence-electron chi connectivity index (χ2n) is 4.35. The molecule has 0 spiro atoms. The molecular weight excluding hydrogens is 236 g/mol. The van der Waals surface area contributed by atoms with Gasteiger partial charge in [0.2, 0.25) is 0 Å². The number of hydrogen-bond donors (Lipinski definition) is 2. The minimum absolute atomic E-state index is 0.0794. The molecule has 92 valence electrons. The molecule has 2 rings (SSSR count). The molecule has 0 bridgehead atoms. The van der Waals surface area contributed by atoms with E-state index in [0.717, 1.165) is 25.9 Å². The van der Waals surface area contributed by atoms with Crippen LogP contribution in [0.15, 0.2) is 24.3 Å². The van der Waals surface area contributed by atoms with Gasteiger partial charge in [-0.05, 0) is 31.5 Å². The van der Waals surface area contributed by atoms with Gasteiger partial charge in [-0.25, -0.2) is 0 Å². The van der Waals surface area contributed by atoms with E-state index in [4.69, 9.17) is 11.6 Å². The van der Waals surface area contributed by atoms with Gasteiger partial charge in [-0.1, -0.05) is 30.2 Å². The summed E-state index contributed by atoms with van der Waals surface area (Å²) in [6.45, 7) is 1.88. The van der Waals surface area contributed by atoms with Gasteiger partial charge in [0.25, 0.3) is 5.91 Å². The van der Waals surface area contributed by atoms with Crippen molar-refractivity contribution >= 4 is 17.5 Å². The van der Waals surface area contributed by atoms with Gasteiger partial charge in [0, 0.05) is 12.6 Å². The second kappa shape index (κ2) is 6.03. The van der Waals surface area contributed by atoms with Crippen LogP contribution in [0.5, 0.6) is 0 Å². The van der Waals surface area contributed by atoms with Crippen molar-refractivity contribution in [1.29, 1.82) is 0 Å². The summed E-state index contributed by atoms with van der Waals surface area (Å²) >= 11 is 5.99. The van der Waals surface area contributed by atoms with Crippen LogP contribution < -0.4 is 10.6 Å². The third-order valence-electron chi connectivity index (χ3n) is 3.00. The number of benzene rings is 1. The Morgan fingerprint density at radius 3 is 3.00 bits per heavy atom. The summed E-state index contributed by atoms with van der Waals surface area (Å²) in [6, 6.07) is 7.35. The van der Waals surface area contributed by atoms with Crippen molar-refractivity contribution in [2.24, 2.45) is 0 Å². The zero-order valence-corrected chi connectivity index (χ0v) is 10.5. The normalized spacial score (nSPS) is 20.6. The van der Waals surface area contributed by atoms with E-state index in [9.17, 15) is 4.79 Å². The van der Waals surface area contributed by atoms with E-state index in [1.165, 1.54) is 6.42 Å². The van der Waals surface area contributed by atoms with Gasteiger partial charge in [-0.15, -0.1) is 0 Å². The lowest BCUT2D eigenvalue weighted by Crippen LogP contribution is -2.40. The van der Waals surface area contributed by atoms with Crippen LogP contribution in [-0.2, 0) is 0 Å². The Balaban J connectivity index is 1.98. The number of hydrogen-bond acceptors (Lipinski definition) is 2. The second-order valence-corrected chi connectivity index (χ2v) is 4.76. The lowest BCUT2D eigenvalue weighted by molar-refractivity contribution is 0.0935. The number of rotatable bonds is 2. The summed E-state index contributed by atoms with van der Waals surface area (Å²) in [4.78, 5) is 12.0. The maximum absolute atomic E-state index is 12.0. The minimum atomic E-state index is -0.0794. The van der Waals surface area contributed by atoms with Gasteiger partial charge in [-0.3, -0.25) is 4.79 Å². The van der Waals surface area contributed by atoms with Crippen LogP contribution in [-0.4, -0.2) is 25.0 Å². The standard InChI is InChI=1S/C13H17ClN2O/c14-12-7-2-1-6-11(12)13(17)16-10-5-3-4-8-15-9-10/h1-2,6-7,10,15H,3-5,8-9H2,(H,16,17). The van der Waals surface area contributed by atoms with E-state index >= 15 is 0 Å². The Bertz CT molecular complexity index is 387. The highest BCUT2D eigenvalue weighted by molar-refractivity contribution is 6.33. The summed E-state index contributed by atoms with van der Waals surface area (Å²) < 4.78 is 0. The number of halogens is 1. The lowest BCUT2D eigenvalue weighted by Gasteiger charge is -2.16. The van der Waals surface area contributed by atoms with Crippen LogP contribution in [0.4, 0.5) is 0 Å². The minimum Gasteiger partial charge on any atom is -0.348 e. The van der Waals surface area contributed by atoms with Gasteiger partial charge in [0.15, 0.2) is 0 Å². The third kappa shape index (κ3) is 3.45. The van der Waals surface area contributed by atoms with Gasteiger partial charge < -0.3 is 10.6 Å². The molecule has 1 aromatic carbocycles. The molecule has 3 nitrogen and oxygen atoms in total. The first kappa shape index (κ1) is 12.4. The molecule has 1 unspecified atom stereocenters. The topological polar surface area (TPSA) is 41.1 Å². The molecular formula is C13H17ClN2O. The molecule has 1 amide bonds. The van der Waals surface area contributed by atoms with Crippen LogP contribution in [0.1, 0.15) is 29.6 Å². The fourth-order valence-corrected chi connectivity index (χ4v) is 2.27. The molecule has 1 saturated heterocycles. The Morgan fingerprint density at radius 2 is 2.18 bits per heavy atom. The van der Waals surface area contributed by atoms with Crippen LogP contribution in [0, 0.1) is 0 Å². The number of carbonyl (C=O) groups is 1. The molecule has 1 heterocycles. The molecule has 1 atom stereocenters. The number of amides is 1. The van der Waals surface area contributed by atoms with Crippen molar-refractivity contribution in [1.82, 2.24) is 10.6 Å². The SMILES string of the molecule is O=C(NC1CCCCNC1)c1ccccc1Cl. The van der Waals surface area contributed by atoms with Crippen LogP contribution in [0.2, 0.25) is 5.02 Å². The Labute approximate surface area is 107 Å². The Hall–Kier alpha value is -1.06. The first-order valence-corrected chi connectivity index (χ1v) is 6.41. The molecule has 0 aromatic heterocycles. The van der Waals surface area contributed by atoms with Crippen LogP contribution in [0.3, 0.4) is 0 Å². The van der Waals surface area contributed by atoms with Crippen LogP contribution >= 0.6 is 11.6 Å². The fraction of sp³-hybridized carbons (Fsp3) is 0.462. The van der Waals surface area contributed by atoms with E-state index < -0.39 is 0 Å². The number of nitrogens with one attached hydrogen (secondary N) is 2. The maximum Gasteiger partial charge on any atom is 0.253 e. The number of carbonyl (C=O) groups excluding carboxylic acids is 1. The molecule has 1 aromatic rings. The molecule has 1 aliphatic rings. The van der Waals surface area contributed by atoms with Crippen molar-refractivity contribution in [3.05, 3.63) is 34.9 Å². The van der Waals surface area contributed by atoms with Crippen molar-refractivity contribution in [2.45, 2.75) is 25.3 Å². The van der Waals surface area contributed by atoms with E-state index in [1.807, 2.05) is 12.1 Å². The highest BCUT2D eigenvalue weighted by atomic mass is 35.5. The van der Waals surface area contributed by atoms with Crippen molar-refractivity contribution in [3.8, 4) is 0 Å². The molecule has 1 aliphatic heterocycles. The Kier molecular flexibility index (Phi) is 4.40. The highest BCUT2D eigenvalue weighted by Crippen LogP contribution is 2.15. The smallest absolute Gasteiger partial charge is 0.253 e. The molecule has 1 fully saturated rings. The van der Waals surface area contributed by atoms with Crippen molar-refractivity contribution in [2.75, 3.05) is 13.1 Å². The van der Waals surface area contributed by atoms with Gasteiger partial charge in [-0.2, -0.15) is 0 Å². The summed E-state index contributed by atoms with van der Waals surface area (Å²) in [5, 5.41) is 6.86. The average molecular weight is 253 g/mol. The van der Waals surface area contributed by atoms with Crippen LogP contribution in [0.25, 0.3) is 0 Å². The summed E-state index contributed by atoms with van der Waals surface area (Å²) in [5.41, 5.74) is 0.554. The third-order valence-corrected chi connectivity index (χ3v) is 3.33. The predicted molar refractivity (Wildman–Crippen MR) is 69.4 cm³/mol. The van der Waals surface area contributed by atoms with E-state index in [2.05, 4.69) is 10.6 Å². The van der Waals surface area contributed by atoms with E-state index in [1.54, 1.807) is 12.1 Å². The summed E-state index contributed by atoms with van der Waals surface area (Å²) in [6.07, 6.45) is 3.36. The monoisotopic (exact) mass is 252 g/mol. The first-order chi connectivity index (χ1) is 8.27. The molecule has 17 heavy (non-hydrogen) atoms. The zero-order valence-electron chi connectivity index (χ0n) is 9.71. The molecule has 0 radical (unpaired) electrons. The van der Waals surface area contributed by atoms with Gasteiger partial charge in [0.1, 0.15) is 0 Å². The van der Waals surface area contributed by atoms with Crippen molar-refractivity contribution in [3.63, 3.8) is 0 Å². The van der Waals surface area contributed by atoms with Gasteiger partial charge in [0.05, 0.1) is 10.6 Å². The quantitative estimate of drug-likeness (QED) is 0.847. The molecule has 2 N–H and O–H groups in total. The first-order valence-electron chi connectivity index (χ1n) is 6.03. The lowest BCUT2D eigenvalue weighted by atomic mass is 10.1. The zero-order chi connectivity index (χ0) is 12.1. The fourth-order valence-electron chi connectivity index (χ4n) is 2.05. The summed E-state index contributed by atoms with van der Waals surface area (Å²) in [7, 11) is 0. The van der Waals surface area contributed by atoms with E-state index in [0.29, 0.717) is 10.6 Å². The molecule has 0 saturated carbocycles. The van der Waals surface area contributed by atoms with E-state index in [-0.39, 0.29) is 11.9 Å². The maximum atomic E-state index is 12.0. The molecule has 4 heteroatoms.